The van der Waals surface area contributed by atoms with Gasteiger partial charge in [-0.1, -0.05) is 0 Å². The van der Waals surface area contributed by atoms with Crippen molar-refractivity contribution in [2.75, 3.05) is 38.4 Å². The smallest absolute Gasteiger partial charge is 0.175 e. The molecule has 1 N–H and O–H groups in total. The van der Waals surface area contributed by atoms with Gasteiger partial charge >= 0.3 is 0 Å². The topological polar surface area (TPSA) is 64.6 Å². The summed E-state index contributed by atoms with van der Waals surface area (Å²) in [7, 11) is -1.64. The van der Waals surface area contributed by atoms with Crippen LogP contribution in [0.15, 0.2) is 23.1 Å². The van der Waals surface area contributed by atoms with Gasteiger partial charge in [0.15, 0.2) is 9.84 Å². The van der Waals surface area contributed by atoms with Gasteiger partial charge in [-0.25, -0.2) is 8.42 Å². The van der Waals surface area contributed by atoms with Crippen LogP contribution in [0.2, 0.25) is 0 Å². The molecule has 102 valence electrons. The molecule has 0 aliphatic heterocycles. The summed E-state index contributed by atoms with van der Waals surface area (Å²) in [6, 6.07) is 4.81. The molecule has 6 heteroatoms. The highest BCUT2D eigenvalue weighted by molar-refractivity contribution is 7.90. The molecule has 1 rings (SSSR count). The van der Waals surface area contributed by atoms with Crippen LogP contribution in [0.4, 0.5) is 5.69 Å². The monoisotopic (exact) mass is 273 g/mol. The molecule has 0 saturated heterocycles. The summed E-state index contributed by atoms with van der Waals surface area (Å²) in [5, 5.41) is 3.12. The van der Waals surface area contributed by atoms with Crippen molar-refractivity contribution in [1.29, 1.82) is 0 Å². The molecule has 0 aromatic heterocycles. The maximum Gasteiger partial charge on any atom is 0.175 e. The molecular weight excluding hydrogens is 254 g/mol. The molecule has 0 unspecified atom stereocenters. The van der Waals surface area contributed by atoms with E-state index in [9.17, 15) is 8.42 Å². The normalized spacial score (nSPS) is 11.3. The minimum atomic E-state index is -3.23. The van der Waals surface area contributed by atoms with Crippen LogP contribution >= 0.6 is 0 Å². The number of rotatable bonds is 7. The number of hydrogen-bond donors (Lipinski definition) is 1. The van der Waals surface area contributed by atoms with E-state index in [0.717, 1.165) is 12.2 Å². The molecule has 0 aliphatic carbocycles. The predicted molar refractivity (Wildman–Crippen MR) is 71.1 cm³/mol. The summed E-state index contributed by atoms with van der Waals surface area (Å²) in [6.07, 6.45) is 1.17. The number of methoxy groups -OCH3 is 1. The fourth-order valence-electron chi connectivity index (χ4n) is 1.42. The van der Waals surface area contributed by atoms with Crippen LogP contribution in [-0.4, -0.2) is 41.5 Å². The Bertz CT molecular complexity index is 485. The molecule has 1 aromatic carbocycles. The van der Waals surface area contributed by atoms with Crippen LogP contribution in [0.3, 0.4) is 0 Å². The summed E-state index contributed by atoms with van der Waals surface area (Å²) in [4.78, 5) is 0.247. The van der Waals surface area contributed by atoms with Crippen molar-refractivity contribution in [3.63, 3.8) is 0 Å². The van der Waals surface area contributed by atoms with Gasteiger partial charge in [0.05, 0.1) is 17.2 Å². The number of sulfone groups is 1. The third-order valence-corrected chi connectivity index (χ3v) is 3.40. The summed E-state index contributed by atoms with van der Waals surface area (Å²) in [5.41, 5.74) is 0.779. The Labute approximate surface area is 108 Å². The first kappa shape index (κ1) is 14.8. The maximum absolute atomic E-state index is 11.5. The van der Waals surface area contributed by atoms with Gasteiger partial charge in [0.1, 0.15) is 12.4 Å². The molecule has 0 heterocycles. The summed E-state index contributed by atoms with van der Waals surface area (Å²) in [5.74, 6) is 0.525. The summed E-state index contributed by atoms with van der Waals surface area (Å²) < 4.78 is 33.4. The minimum Gasteiger partial charge on any atom is -0.489 e. The lowest BCUT2D eigenvalue weighted by molar-refractivity contribution is 0.146. The van der Waals surface area contributed by atoms with E-state index in [0.29, 0.717) is 19.0 Å². The van der Waals surface area contributed by atoms with Crippen LogP contribution in [0, 0.1) is 0 Å². The second kappa shape index (κ2) is 6.61. The Hall–Kier alpha value is -1.27. The molecule has 5 nitrogen and oxygen atoms in total. The Morgan fingerprint density at radius 1 is 1.28 bits per heavy atom. The van der Waals surface area contributed by atoms with Crippen molar-refractivity contribution < 1.29 is 17.9 Å². The highest BCUT2D eigenvalue weighted by Crippen LogP contribution is 2.27. The molecule has 0 spiro atoms. The molecule has 0 amide bonds. The van der Waals surface area contributed by atoms with Gasteiger partial charge < -0.3 is 14.8 Å². The lowest BCUT2D eigenvalue weighted by atomic mass is 10.3. The van der Waals surface area contributed by atoms with Crippen LogP contribution < -0.4 is 10.1 Å². The van der Waals surface area contributed by atoms with Crippen LogP contribution in [0.1, 0.15) is 6.92 Å². The zero-order valence-corrected chi connectivity index (χ0v) is 11.7. The molecule has 0 atom stereocenters. The minimum absolute atomic E-state index is 0.247. The quantitative estimate of drug-likeness (QED) is 0.764. The molecule has 0 saturated carbocycles. The van der Waals surface area contributed by atoms with Gasteiger partial charge in [0.2, 0.25) is 0 Å². The summed E-state index contributed by atoms with van der Waals surface area (Å²) in [6.45, 7) is 3.53. The van der Waals surface area contributed by atoms with E-state index >= 15 is 0 Å². The number of ether oxygens (including phenoxy) is 2. The highest BCUT2D eigenvalue weighted by Gasteiger charge is 2.11. The zero-order valence-electron chi connectivity index (χ0n) is 10.9. The van der Waals surface area contributed by atoms with Crippen molar-refractivity contribution in [3.8, 4) is 5.75 Å². The van der Waals surface area contributed by atoms with Gasteiger partial charge in [0, 0.05) is 26.0 Å². The Balaban J connectivity index is 2.99. The van der Waals surface area contributed by atoms with E-state index in [1.165, 1.54) is 12.3 Å². The van der Waals surface area contributed by atoms with Gasteiger partial charge in [-0.3, -0.25) is 0 Å². The number of hydrogen-bond acceptors (Lipinski definition) is 5. The average Bonchev–Trinajstić information content (AvgIpc) is 2.30. The lowest BCUT2D eigenvalue weighted by Gasteiger charge is -2.13. The zero-order chi connectivity index (χ0) is 13.6. The van der Waals surface area contributed by atoms with Crippen LogP contribution in [-0.2, 0) is 14.6 Å². The SMILES string of the molecule is CCNc1ccc(S(C)(=O)=O)cc1OCCOC. The molecule has 0 fully saturated rings. The Morgan fingerprint density at radius 3 is 2.56 bits per heavy atom. The number of anilines is 1. The van der Waals surface area contributed by atoms with Crippen molar-refractivity contribution >= 4 is 15.5 Å². The van der Waals surface area contributed by atoms with Crippen LogP contribution in [0.5, 0.6) is 5.75 Å². The van der Waals surface area contributed by atoms with Crippen molar-refractivity contribution in [2.45, 2.75) is 11.8 Å². The van der Waals surface area contributed by atoms with Crippen LogP contribution in [0.25, 0.3) is 0 Å². The molecule has 0 bridgehead atoms. The largest absolute Gasteiger partial charge is 0.489 e. The molecular formula is C12H19NO4S. The van der Waals surface area contributed by atoms with E-state index in [2.05, 4.69) is 5.32 Å². The van der Waals surface area contributed by atoms with Gasteiger partial charge in [-0.15, -0.1) is 0 Å². The molecule has 0 radical (unpaired) electrons. The second-order valence-electron chi connectivity index (χ2n) is 3.80. The van der Waals surface area contributed by atoms with Gasteiger partial charge in [-0.05, 0) is 19.1 Å². The third kappa shape index (κ3) is 4.19. The Morgan fingerprint density at radius 2 is 2.00 bits per heavy atom. The van der Waals surface area contributed by atoms with E-state index in [1.54, 1.807) is 19.2 Å². The van der Waals surface area contributed by atoms with E-state index in [4.69, 9.17) is 9.47 Å². The molecule has 18 heavy (non-hydrogen) atoms. The van der Waals surface area contributed by atoms with Crippen molar-refractivity contribution in [1.82, 2.24) is 0 Å². The maximum atomic E-state index is 11.5. The van der Waals surface area contributed by atoms with E-state index in [-0.39, 0.29) is 4.90 Å². The molecule has 0 aliphatic rings. The fourth-order valence-corrected chi connectivity index (χ4v) is 2.06. The van der Waals surface area contributed by atoms with Gasteiger partial charge in [-0.2, -0.15) is 0 Å². The predicted octanol–water partition coefficient (Wildman–Crippen LogP) is 1.55. The van der Waals surface area contributed by atoms with Gasteiger partial charge in [0.25, 0.3) is 0 Å². The highest BCUT2D eigenvalue weighted by atomic mass is 32.2. The fraction of sp³-hybridized carbons (Fsp3) is 0.500. The second-order valence-corrected chi connectivity index (χ2v) is 5.82. The number of benzene rings is 1. The van der Waals surface area contributed by atoms with E-state index in [1.807, 2.05) is 6.92 Å². The van der Waals surface area contributed by atoms with Crippen molar-refractivity contribution in [3.05, 3.63) is 18.2 Å². The van der Waals surface area contributed by atoms with E-state index < -0.39 is 9.84 Å². The Kier molecular flexibility index (Phi) is 5.43. The first-order valence-corrected chi connectivity index (χ1v) is 7.58. The first-order valence-electron chi connectivity index (χ1n) is 5.68. The third-order valence-electron chi connectivity index (χ3n) is 2.29. The average molecular weight is 273 g/mol. The first-order chi connectivity index (χ1) is 8.49. The number of nitrogens with one attached hydrogen (secondary N) is 1. The standard InChI is InChI=1S/C12H19NO4S/c1-4-13-11-6-5-10(18(3,14)15)9-12(11)17-8-7-16-2/h5-6,9,13H,4,7-8H2,1-3H3. The summed E-state index contributed by atoms with van der Waals surface area (Å²) >= 11 is 0. The molecule has 1 aromatic rings. The lowest BCUT2D eigenvalue weighted by Crippen LogP contribution is -2.08. The van der Waals surface area contributed by atoms with Crippen molar-refractivity contribution in [2.24, 2.45) is 0 Å².